The number of para-hydroxylation sites is 2. The van der Waals surface area contributed by atoms with Crippen LogP contribution < -0.4 is 20.3 Å². The monoisotopic (exact) mass is 370 g/mol. The minimum Gasteiger partial charge on any atom is -0.483 e. The zero-order valence-corrected chi connectivity index (χ0v) is 16.1. The molecule has 0 aliphatic carbocycles. The van der Waals surface area contributed by atoms with Gasteiger partial charge in [0, 0.05) is 0 Å². The van der Waals surface area contributed by atoms with Gasteiger partial charge in [-0.1, -0.05) is 50.2 Å². The Bertz CT molecular complexity index is 789. The van der Waals surface area contributed by atoms with Gasteiger partial charge < -0.3 is 9.47 Å². The first-order valence-corrected chi connectivity index (χ1v) is 8.91. The van der Waals surface area contributed by atoms with Gasteiger partial charge in [-0.15, -0.1) is 0 Å². The molecule has 2 aromatic carbocycles. The van der Waals surface area contributed by atoms with Crippen LogP contribution in [0, 0.1) is 6.92 Å². The second kappa shape index (κ2) is 9.62. The molecule has 2 amide bonds. The molecule has 0 fully saturated rings. The first-order chi connectivity index (χ1) is 12.9. The average Bonchev–Trinajstić information content (AvgIpc) is 2.66. The topological polar surface area (TPSA) is 76.7 Å². The normalized spacial score (nSPS) is 11.6. The molecule has 1 unspecified atom stereocenters. The Morgan fingerprint density at radius 1 is 0.926 bits per heavy atom. The molecular weight excluding hydrogens is 344 g/mol. The maximum atomic E-state index is 12.1. The molecule has 0 saturated heterocycles. The van der Waals surface area contributed by atoms with E-state index in [1.807, 2.05) is 49.4 Å². The molecule has 0 aliphatic heterocycles. The maximum absolute atomic E-state index is 12.1. The van der Waals surface area contributed by atoms with Gasteiger partial charge in [0.25, 0.3) is 11.8 Å². The van der Waals surface area contributed by atoms with E-state index >= 15 is 0 Å². The van der Waals surface area contributed by atoms with Gasteiger partial charge in [-0.3, -0.25) is 20.4 Å². The quantitative estimate of drug-likeness (QED) is 0.734. The van der Waals surface area contributed by atoms with Crippen molar-refractivity contribution in [2.45, 2.75) is 39.7 Å². The molecule has 0 saturated carbocycles. The predicted molar refractivity (Wildman–Crippen MR) is 104 cm³/mol. The molecule has 6 heteroatoms. The van der Waals surface area contributed by atoms with E-state index in [4.69, 9.17) is 9.47 Å². The third-order valence-corrected chi connectivity index (χ3v) is 3.99. The molecule has 144 valence electrons. The number of hydrogen-bond acceptors (Lipinski definition) is 4. The fourth-order valence-electron chi connectivity index (χ4n) is 2.43. The van der Waals surface area contributed by atoms with Crippen molar-refractivity contribution in [1.29, 1.82) is 0 Å². The number of ether oxygens (including phenoxy) is 2. The SMILES string of the molecule is Cc1ccccc1OC(C)C(=O)NNC(=O)COc1ccccc1C(C)C. The van der Waals surface area contributed by atoms with Crippen LogP contribution in [0.1, 0.15) is 37.8 Å². The summed E-state index contributed by atoms with van der Waals surface area (Å²) in [6.07, 6.45) is -0.756. The van der Waals surface area contributed by atoms with Gasteiger partial charge in [-0.05, 0) is 43.0 Å². The molecule has 0 bridgehead atoms. The number of aryl methyl sites for hydroxylation is 1. The largest absolute Gasteiger partial charge is 0.483 e. The molecule has 0 radical (unpaired) electrons. The first kappa shape index (κ1) is 20.3. The van der Waals surface area contributed by atoms with Crippen molar-refractivity contribution in [3.63, 3.8) is 0 Å². The number of nitrogens with one attached hydrogen (secondary N) is 2. The van der Waals surface area contributed by atoms with Crippen molar-refractivity contribution in [3.8, 4) is 11.5 Å². The second-order valence-corrected chi connectivity index (χ2v) is 6.54. The van der Waals surface area contributed by atoms with Crippen molar-refractivity contribution in [2.24, 2.45) is 0 Å². The van der Waals surface area contributed by atoms with E-state index in [-0.39, 0.29) is 12.5 Å². The van der Waals surface area contributed by atoms with E-state index in [0.29, 0.717) is 11.5 Å². The molecule has 0 aromatic heterocycles. The summed E-state index contributed by atoms with van der Waals surface area (Å²) in [5.74, 6) is 0.660. The average molecular weight is 370 g/mol. The first-order valence-electron chi connectivity index (χ1n) is 8.91. The standard InChI is InChI=1S/C21H26N2O4/c1-14(2)17-10-6-8-12-19(17)26-13-20(24)22-23-21(25)16(4)27-18-11-7-5-9-15(18)3/h5-12,14,16H,13H2,1-4H3,(H,22,24)(H,23,25). The Balaban J connectivity index is 1.80. The van der Waals surface area contributed by atoms with Crippen LogP contribution in [0.25, 0.3) is 0 Å². The summed E-state index contributed by atoms with van der Waals surface area (Å²) in [5, 5.41) is 0. The molecule has 0 aliphatic rings. The highest BCUT2D eigenvalue weighted by Gasteiger charge is 2.16. The highest BCUT2D eigenvalue weighted by molar-refractivity contribution is 5.85. The number of benzene rings is 2. The summed E-state index contributed by atoms with van der Waals surface area (Å²) >= 11 is 0. The van der Waals surface area contributed by atoms with E-state index < -0.39 is 17.9 Å². The Morgan fingerprint density at radius 2 is 1.56 bits per heavy atom. The molecule has 2 N–H and O–H groups in total. The van der Waals surface area contributed by atoms with E-state index in [1.54, 1.807) is 13.0 Å². The fourth-order valence-corrected chi connectivity index (χ4v) is 2.43. The van der Waals surface area contributed by atoms with E-state index in [2.05, 4.69) is 24.7 Å². The predicted octanol–water partition coefficient (Wildman–Crippen LogP) is 3.11. The van der Waals surface area contributed by atoms with Gasteiger partial charge in [-0.2, -0.15) is 0 Å². The minimum atomic E-state index is -0.756. The summed E-state index contributed by atoms with van der Waals surface area (Å²) < 4.78 is 11.2. The van der Waals surface area contributed by atoms with Crippen LogP contribution in [-0.2, 0) is 9.59 Å². The van der Waals surface area contributed by atoms with Crippen molar-refractivity contribution in [3.05, 3.63) is 59.7 Å². The second-order valence-electron chi connectivity index (χ2n) is 6.54. The summed E-state index contributed by atoms with van der Waals surface area (Å²) in [7, 11) is 0. The number of hydrogen-bond donors (Lipinski definition) is 2. The fraction of sp³-hybridized carbons (Fsp3) is 0.333. The zero-order chi connectivity index (χ0) is 19.8. The molecular formula is C21H26N2O4. The molecule has 27 heavy (non-hydrogen) atoms. The van der Waals surface area contributed by atoms with E-state index in [1.165, 1.54) is 0 Å². The van der Waals surface area contributed by atoms with Crippen LogP contribution in [0.5, 0.6) is 11.5 Å². The number of rotatable bonds is 7. The van der Waals surface area contributed by atoms with Crippen LogP contribution in [-0.4, -0.2) is 24.5 Å². The molecule has 6 nitrogen and oxygen atoms in total. The number of amides is 2. The molecule has 2 rings (SSSR count). The van der Waals surface area contributed by atoms with Crippen LogP contribution in [0.15, 0.2) is 48.5 Å². The van der Waals surface area contributed by atoms with Gasteiger partial charge in [0.2, 0.25) is 0 Å². The van der Waals surface area contributed by atoms with Gasteiger partial charge in [-0.25, -0.2) is 0 Å². The van der Waals surface area contributed by atoms with Gasteiger partial charge >= 0.3 is 0 Å². The van der Waals surface area contributed by atoms with Crippen LogP contribution >= 0.6 is 0 Å². The zero-order valence-electron chi connectivity index (χ0n) is 16.1. The minimum absolute atomic E-state index is 0.197. The Hall–Kier alpha value is -3.02. The lowest BCUT2D eigenvalue weighted by atomic mass is 10.0. The highest BCUT2D eigenvalue weighted by atomic mass is 16.5. The smallest absolute Gasteiger partial charge is 0.279 e. The van der Waals surface area contributed by atoms with Crippen LogP contribution in [0.3, 0.4) is 0 Å². The molecule has 0 heterocycles. The van der Waals surface area contributed by atoms with Gasteiger partial charge in [0.05, 0.1) is 0 Å². The third kappa shape index (κ3) is 6.02. The van der Waals surface area contributed by atoms with Crippen molar-refractivity contribution in [2.75, 3.05) is 6.61 Å². The summed E-state index contributed by atoms with van der Waals surface area (Å²) in [4.78, 5) is 24.0. The van der Waals surface area contributed by atoms with E-state index in [9.17, 15) is 9.59 Å². The highest BCUT2D eigenvalue weighted by Crippen LogP contribution is 2.25. The van der Waals surface area contributed by atoms with Crippen molar-refractivity contribution < 1.29 is 19.1 Å². The Labute approximate surface area is 159 Å². The summed E-state index contributed by atoms with van der Waals surface area (Å²) in [6.45, 7) is 7.42. The molecule has 1 atom stereocenters. The summed E-state index contributed by atoms with van der Waals surface area (Å²) in [5.41, 5.74) is 6.64. The molecule has 0 spiro atoms. The van der Waals surface area contributed by atoms with Crippen LogP contribution in [0.2, 0.25) is 0 Å². The van der Waals surface area contributed by atoms with Crippen LogP contribution in [0.4, 0.5) is 0 Å². The number of carbonyl (C=O) groups is 2. The maximum Gasteiger partial charge on any atom is 0.279 e. The van der Waals surface area contributed by atoms with Gasteiger partial charge in [0.15, 0.2) is 12.7 Å². The lowest BCUT2D eigenvalue weighted by Gasteiger charge is -2.17. The van der Waals surface area contributed by atoms with Crippen molar-refractivity contribution in [1.82, 2.24) is 10.9 Å². The lowest BCUT2D eigenvalue weighted by Crippen LogP contribution is -2.48. The number of hydrazine groups is 1. The number of carbonyl (C=O) groups excluding carboxylic acids is 2. The van der Waals surface area contributed by atoms with Crippen molar-refractivity contribution >= 4 is 11.8 Å². The summed E-state index contributed by atoms with van der Waals surface area (Å²) in [6, 6.07) is 15.0. The molecule has 2 aromatic rings. The Morgan fingerprint density at radius 3 is 2.22 bits per heavy atom. The Kier molecular flexibility index (Phi) is 7.23. The third-order valence-electron chi connectivity index (χ3n) is 3.99. The lowest BCUT2D eigenvalue weighted by molar-refractivity contribution is -0.133. The van der Waals surface area contributed by atoms with E-state index in [0.717, 1.165) is 11.1 Å². The van der Waals surface area contributed by atoms with Gasteiger partial charge in [0.1, 0.15) is 11.5 Å².